The van der Waals surface area contributed by atoms with Gasteiger partial charge in [0.2, 0.25) is 5.91 Å². The highest BCUT2D eigenvalue weighted by Crippen LogP contribution is 2.20. The van der Waals surface area contributed by atoms with Gasteiger partial charge in [0.15, 0.2) is 5.58 Å². The number of non-ortho nitro benzene ring substituents is 1. The maximum atomic E-state index is 12.4. The Bertz CT molecular complexity index is 974. The van der Waals surface area contributed by atoms with Crippen LogP contribution in [0.25, 0.3) is 11.1 Å². The van der Waals surface area contributed by atoms with Crippen molar-refractivity contribution >= 4 is 28.4 Å². The minimum atomic E-state index is -0.736. The number of oxazole rings is 1. The van der Waals surface area contributed by atoms with Crippen molar-refractivity contribution in [3.63, 3.8) is 0 Å². The van der Waals surface area contributed by atoms with E-state index >= 15 is 0 Å². The zero-order valence-electron chi connectivity index (χ0n) is 12.7. The average Bonchev–Trinajstić information content (AvgIpc) is 2.89. The third-order valence-corrected chi connectivity index (χ3v) is 3.67. The second-order valence-electron chi connectivity index (χ2n) is 5.15. The summed E-state index contributed by atoms with van der Waals surface area (Å²) in [7, 11) is 1.59. The first-order valence-corrected chi connectivity index (χ1v) is 7.07. The van der Waals surface area contributed by atoms with Gasteiger partial charge in [-0.2, -0.15) is 0 Å². The van der Waals surface area contributed by atoms with Crippen LogP contribution in [0.4, 0.5) is 11.4 Å². The number of nitro groups is 1. The van der Waals surface area contributed by atoms with Crippen LogP contribution in [-0.4, -0.2) is 22.4 Å². The second-order valence-corrected chi connectivity index (χ2v) is 5.15. The molecule has 8 heteroatoms. The third-order valence-electron chi connectivity index (χ3n) is 3.67. The Kier molecular flexibility index (Phi) is 3.87. The molecular formula is C16H13N3O5. The molecule has 0 aliphatic rings. The molecule has 122 valence electrons. The number of anilines is 1. The van der Waals surface area contributed by atoms with Crippen LogP contribution in [0.1, 0.15) is 0 Å². The Morgan fingerprint density at radius 2 is 1.96 bits per heavy atom. The van der Waals surface area contributed by atoms with Crippen molar-refractivity contribution in [2.24, 2.45) is 0 Å². The van der Waals surface area contributed by atoms with Crippen molar-refractivity contribution in [3.05, 3.63) is 69.2 Å². The summed E-state index contributed by atoms with van der Waals surface area (Å²) in [6, 6.07) is 12.7. The van der Waals surface area contributed by atoms with Crippen molar-refractivity contribution in [2.45, 2.75) is 6.54 Å². The number of benzene rings is 2. The van der Waals surface area contributed by atoms with Crippen molar-refractivity contribution in [1.29, 1.82) is 0 Å². The monoisotopic (exact) mass is 327 g/mol. The van der Waals surface area contributed by atoms with Crippen LogP contribution < -0.4 is 10.7 Å². The van der Waals surface area contributed by atoms with E-state index in [4.69, 9.17) is 4.42 Å². The molecule has 0 spiro atoms. The van der Waals surface area contributed by atoms with Crippen molar-refractivity contribution in [2.75, 3.05) is 11.9 Å². The molecule has 8 nitrogen and oxygen atoms in total. The Balaban J connectivity index is 1.96. The van der Waals surface area contributed by atoms with Gasteiger partial charge >= 0.3 is 5.76 Å². The first-order valence-electron chi connectivity index (χ1n) is 7.07. The molecule has 1 aromatic heterocycles. The number of nitrogens with zero attached hydrogens (tertiary/aromatic N) is 3. The maximum Gasteiger partial charge on any atom is 0.420 e. The molecule has 2 aromatic carbocycles. The van der Waals surface area contributed by atoms with Crippen LogP contribution in [0.15, 0.2) is 57.7 Å². The lowest BCUT2D eigenvalue weighted by atomic mass is 10.3. The van der Waals surface area contributed by atoms with Crippen LogP contribution in [0.2, 0.25) is 0 Å². The number of amides is 1. The van der Waals surface area contributed by atoms with Crippen LogP contribution in [0, 0.1) is 10.1 Å². The van der Waals surface area contributed by atoms with E-state index in [1.807, 2.05) is 6.07 Å². The summed E-state index contributed by atoms with van der Waals surface area (Å²) >= 11 is 0. The standard InChI is InChI=1S/C16H13N3O5/c1-17(11-5-3-2-4-6-11)15(20)10-18-13-9-12(19(22)23)7-8-14(13)24-16(18)21/h2-9H,10H2,1H3. The van der Waals surface area contributed by atoms with Gasteiger partial charge in [-0.25, -0.2) is 4.79 Å². The van der Waals surface area contributed by atoms with Gasteiger partial charge in [0.25, 0.3) is 5.69 Å². The number of rotatable bonds is 4. The summed E-state index contributed by atoms with van der Waals surface area (Å²) in [5.41, 5.74) is 0.903. The second kappa shape index (κ2) is 5.99. The Morgan fingerprint density at radius 1 is 1.25 bits per heavy atom. The summed E-state index contributed by atoms with van der Waals surface area (Å²) in [5.74, 6) is -1.09. The smallest absolute Gasteiger partial charge is 0.408 e. The van der Waals surface area contributed by atoms with Gasteiger partial charge < -0.3 is 9.32 Å². The molecule has 0 saturated heterocycles. The van der Waals surface area contributed by atoms with E-state index in [-0.39, 0.29) is 29.2 Å². The fourth-order valence-electron chi connectivity index (χ4n) is 2.35. The molecule has 3 aromatic rings. The fraction of sp³-hybridized carbons (Fsp3) is 0.125. The van der Waals surface area contributed by atoms with Crippen LogP contribution >= 0.6 is 0 Å². The quantitative estimate of drug-likeness (QED) is 0.540. The molecule has 1 heterocycles. The van der Waals surface area contributed by atoms with E-state index in [0.29, 0.717) is 5.69 Å². The zero-order valence-corrected chi connectivity index (χ0v) is 12.7. The summed E-state index contributed by atoms with van der Waals surface area (Å²) in [4.78, 5) is 36.1. The van der Waals surface area contributed by atoms with E-state index in [1.54, 1.807) is 31.3 Å². The van der Waals surface area contributed by atoms with Crippen LogP contribution in [0.5, 0.6) is 0 Å². The summed E-state index contributed by atoms with van der Waals surface area (Å²) in [6.07, 6.45) is 0. The molecule has 0 radical (unpaired) electrons. The van der Waals surface area contributed by atoms with Crippen molar-refractivity contribution in [3.8, 4) is 0 Å². The fourth-order valence-corrected chi connectivity index (χ4v) is 2.35. The summed E-state index contributed by atoms with van der Waals surface area (Å²) in [6.45, 7) is -0.279. The van der Waals surface area contributed by atoms with Gasteiger partial charge in [-0.1, -0.05) is 18.2 Å². The molecule has 1 amide bonds. The first kappa shape index (κ1) is 15.5. The molecule has 0 aliphatic heterocycles. The highest BCUT2D eigenvalue weighted by atomic mass is 16.6. The van der Waals surface area contributed by atoms with E-state index < -0.39 is 10.7 Å². The zero-order chi connectivity index (χ0) is 17.3. The molecule has 0 bridgehead atoms. The highest BCUT2D eigenvalue weighted by molar-refractivity contribution is 5.93. The van der Waals surface area contributed by atoms with Gasteiger partial charge in [-0.05, 0) is 18.2 Å². The third kappa shape index (κ3) is 2.76. The lowest BCUT2D eigenvalue weighted by molar-refractivity contribution is -0.384. The maximum absolute atomic E-state index is 12.4. The largest absolute Gasteiger partial charge is 0.420 e. The SMILES string of the molecule is CN(C(=O)Cn1c(=O)oc2ccc([N+](=O)[O-])cc21)c1ccccc1. The Morgan fingerprint density at radius 3 is 2.62 bits per heavy atom. The molecule has 0 N–H and O–H groups in total. The predicted molar refractivity (Wildman–Crippen MR) is 87.0 cm³/mol. The molecule has 3 rings (SSSR count). The molecule has 0 saturated carbocycles. The van der Waals surface area contributed by atoms with Gasteiger partial charge in [0.05, 0.1) is 10.4 Å². The summed E-state index contributed by atoms with van der Waals surface area (Å²) in [5, 5.41) is 10.9. The molecular weight excluding hydrogens is 314 g/mol. The van der Waals surface area contributed by atoms with Gasteiger partial charge in [0, 0.05) is 24.9 Å². The van der Waals surface area contributed by atoms with E-state index in [0.717, 1.165) is 4.57 Å². The van der Waals surface area contributed by atoms with E-state index in [1.165, 1.54) is 23.1 Å². The predicted octanol–water partition coefficient (Wildman–Crippen LogP) is 2.17. The number of fused-ring (bicyclic) bond motifs is 1. The molecule has 0 fully saturated rings. The molecule has 0 unspecified atom stereocenters. The number of hydrogen-bond acceptors (Lipinski definition) is 5. The Hall–Kier alpha value is -3.42. The van der Waals surface area contributed by atoms with E-state index in [9.17, 15) is 19.7 Å². The molecule has 0 aliphatic carbocycles. The van der Waals surface area contributed by atoms with Gasteiger partial charge in [-0.3, -0.25) is 19.5 Å². The minimum absolute atomic E-state index is 0.180. The number of nitro benzene ring substituents is 1. The van der Waals surface area contributed by atoms with Crippen molar-refractivity contribution in [1.82, 2.24) is 4.57 Å². The molecule has 0 atom stereocenters. The minimum Gasteiger partial charge on any atom is -0.408 e. The highest BCUT2D eigenvalue weighted by Gasteiger charge is 2.18. The normalized spacial score (nSPS) is 10.7. The number of hydrogen-bond donors (Lipinski definition) is 0. The topological polar surface area (TPSA) is 98.6 Å². The average molecular weight is 327 g/mol. The number of para-hydroxylation sites is 1. The Labute approximate surface area is 135 Å². The number of carbonyl (C=O) groups is 1. The lowest BCUT2D eigenvalue weighted by Crippen LogP contribution is -2.32. The number of carbonyl (C=O) groups excluding carboxylic acids is 1. The summed E-state index contributed by atoms with van der Waals surface area (Å²) < 4.78 is 6.12. The van der Waals surface area contributed by atoms with Crippen molar-refractivity contribution < 1.29 is 14.1 Å². The van der Waals surface area contributed by atoms with Crippen LogP contribution in [0.3, 0.4) is 0 Å². The molecule has 24 heavy (non-hydrogen) atoms. The van der Waals surface area contributed by atoms with Crippen LogP contribution in [-0.2, 0) is 11.3 Å². The number of aromatic nitrogens is 1. The lowest BCUT2D eigenvalue weighted by Gasteiger charge is -2.17. The number of likely N-dealkylation sites (N-methyl/N-ethyl adjacent to an activating group) is 1. The van der Waals surface area contributed by atoms with Gasteiger partial charge in [0.1, 0.15) is 6.54 Å². The first-order chi connectivity index (χ1) is 11.5. The van der Waals surface area contributed by atoms with Gasteiger partial charge in [-0.15, -0.1) is 0 Å². The van der Waals surface area contributed by atoms with E-state index in [2.05, 4.69) is 0 Å².